The van der Waals surface area contributed by atoms with Crippen molar-refractivity contribution in [1.29, 1.82) is 0 Å². The Kier molecular flexibility index (Phi) is 6.19. The zero-order valence-corrected chi connectivity index (χ0v) is 12.5. The van der Waals surface area contributed by atoms with E-state index in [9.17, 15) is 14.7 Å². The number of carboxylic acid groups (broad SMARTS) is 1. The Balaban J connectivity index is 0.00000220. The second kappa shape index (κ2) is 7.65. The van der Waals surface area contributed by atoms with E-state index in [-0.39, 0.29) is 18.0 Å². The predicted octanol–water partition coefficient (Wildman–Crippen LogP) is 1.37. The fraction of sp³-hybridized carbons (Fsp3) is 0.308. The van der Waals surface area contributed by atoms with E-state index in [1.165, 1.54) is 0 Å². The lowest BCUT2D eigenvalue weighted by Gasteiger charge is -2.13. The van der Waals surface area contributed by atoms with Crippen LogP contribution < -0.4 is 11.3 Å². The number of thioether (sulfide) groups is 1. The number of aromatic nitrogens is 1. The number of carboxylic acids is 1. The van der Waals surface area contributed by atoms with Crippen molar-refractivity contribution < 1.29 is 23.8 Å². The largest absolute Gasteiger partial charge is 0.550 e. The van der Waals surface area contributed by atoms with Gasteiger partial charge in [-0.3, -0.25) is 4.79 Å². The molecule has 7 nitrogen and oxygen atoms in total. The first kappa shape index (κ1) is 17.0. The first-order valence-electron chi connectivity index (χ1n) is 5.99. The van der Waals surface area contributed by atoms with Gasteiger partial charge in [0.05, 0.1) is 6.61 Å². The molecule has 2 rings (SSSR count). The molecular formula is C13H16N2O5S. The van der Waals surface area contributed by atoms with Gasteiger partial charge in [0.1, 0.15) is 10.8 Å². The number of benzene rings is 1. The summed E-state index contributed by atoms with van der Waals surface area (Å²) >= 11 is 0.918. The minimum Gasteiger partial charge on any atom is -0.550 e. The monoisotopic (exact) mass is 312 g/mol. The van der Waals surface area contributed by atoms with E-state index in [4.69, 9.17) is 9.15 Å². The van der Waals surface area contributed by atoms with Crippen molar-refractivity contribution in [3.05, 3.63) is 24.3 Å². The normalized spacial score (nSPS) is 11.7. The molecule has 8 heteroatoms. The molecule has 0 aliphatic heterocycles. The van der Waals surface area contributed by atoms with Crippen molar-refractivity contribution in [1.82, 2.24) is 11.1 Å². The van der Waals surface area contributed by atoms with Crippen LogP contribution in [0.5, 0.6) is 0 Å². The number of hydrogen-bond acceptors (Lipinski definition) is 7. The van der Waals surface area contributed by atoms with Gasteiger partial charge in [0, 0.05) is 12.4 Å². The Hall–Kier alpha value is -2.06. The highest BCUT2D eigenvalue weighted by Crippen LogP contribution is 2.28. The lowest BCUT2D eigenvalue weighted by Crippen LogP contribution is -2.31. The Morgan fingerprint density at radius 2 is 2.14 bits per heavy atom. The molecule has 21 heavy (non-hydrogen) atoms. The number of nitrogens with zero attached hydrogens (tertiary/aromatic N) is 1. The van der Waals surface area contributed by atoms with Gasteiger partial charge in [0.25, 0.3) is 5.22 Å². The highest BCUT2D eigenvalue weighted by molar-refractivity contribution is 8.00. The summed E-state index contributed by atoms with van der Waals surface area (Å²) in [6.45, 7) is 1.83. The van der Waals surface area contributed by atoms with Crippen LogP contribution >= 0.6 is 11.8 Å². The predicted molar refractivity (Wildman–Crippen MR) is 75.9 cm³/mol. The molecule has 1 aromatic carbocycles. The highest BCUT2D eigenvalue weighted by Gasteiger charge is 2.24. The van der Waals surface area contributed by atoms with Crippen LogP contribution in [0.1, 0.15) is 13.3 Å². The molecule has 0 saturated carbocycles. The number of esters is 1. The van der Waals surface area contributed by atoms with Gasteiger partial charge in [-0.05, 0) is 19.1 Å². The molecule has 0 spiro atoms. The minimum absolute atomic E-state index is 0. The van der Waals surface area contributed by atoms with Crippen molar-refractivity contribution in [2.75, 3.05) is 6.61 Å². The number of carbonyl (C=O) groups excluding carboxylic acids is 2. The number of quaternary nitrogens is 1. The Morgan fingerprint density at radius 1 is 1.43 bits per heavy atom. The quantitative estimate of drug-likeness (QED) is 0.629. The SMILES string of the molecule is CCOC(=O)C(CC(=O)[O-])Sc1nc2ccccc2o1.[NH4+]. The lowest BCUT2D eigenvalue weighted by molar-refractivity contribution is -0.305. The number of hydrogen-bond donors (Lipinski definition) is 1. The van der Waals surface area contributed by atoms with Crippen molar-refractivity contribution in [2.45, 2.75) is 23.8 Å². The third-order valence-corrected chi connectivity index (χ3v) is 3.44. The van der Waals surface area contributed by atoms with Crippen LogP contribution in [0.15, 0.2) is 33.9 Å². The first-order chi connectivity index (χ1) is 9.60. The number of oxazole rings is 1. The molecule has 0 aliphatic carbocycles. The van der Waals surface area contributed by atoms with E-state index in [2.05, 4.69) is 4.98 Å². The third-order valence-electron chi connectivity index (χ3n) is 2.42. The summed E-state index contributed by atoms with van der Waals surface area (Å²) in [6.07, 6.45) is -0.456. The Morgan fingerprint density at radius 3 is 2.76 bits per heavy atom. The van der Waals surface area contributed by atoms with Crippen LogP contribution in [0, 0.1) is 0 Å². The Bertz CT molecular complexity index is 595. The number of para-hydroxylation sites is 2. The van der Waals surface area contributed by atoms with Crippen molar-refractivity contribution in [3.8, 4) is 0 Å². The van der Waals surface area contributed by atoms with E-state index in [0.717, 1.165) is 11.8 Å². The third kappa shape index (κ3) is 4.47. The lowest BCUT2D eigenvalue weighted by atomic mass is 10.3. The van der Waals surface area contributed by atoms with Crippen LogP contribution in [0.25, 0.3) is 11.1 Å². The van der Waals surface area contributed by atoms with Crippen molar-refractivity contribution >= 4 is 34.8 Å². The van der Waals surface area contributed by atoms with E-state index < -0.39 is 23.6 Å². The van der Waals surface area contributed by atoms with Gasteiger partial charge in [0.2, 0.25) is 0 Å². The molecule has 0 radical (unpaired) electrons. The molecule has 0 amide bonds. The molecule has 1 unspecified atom stereocenters. The molecule has 0 fully saturated rings. The van der Waals surface area contributed by atoms with E-state index >= 15 is 0 Å². The van der Waals surface area contributed by atoms with Crippen LogP contribution in [-0.4, -0.2) is 28.8 Å². The summed E-state index contributed by atoms with van der Waals surface area (Å²) in [5.74, 6) is -1.95. The highest BCUT2D eigenvalue weighted by atomic mass is 32.2. The topological polar surface area (TPSA) is 129 Å². The van der Waals surface area contributed by atoms with Gasteiger partial charge in [-0.2, -0.15) is 0 Å². The summed E-state index contributed by atoms with van der Waals surface area (Å²) in [6, 6.07) is 7.11. The minimum atomic E-state index is -1.33. The molecule has 114 valence electrons. The van der Waals surface area contributed by atoms with Gasteiger partial charge < -0.3 is 25.2 Å². The van der Waals surface area contributed by atoms with Crippen LogP contribution in [0.2, 0.25) is 0 Å². The second-order valence-corrected chi connectivity index (χ2v) is 5.04. The van der Waals surface area contributed by atoms with Gasteiger partial charge in [0.15, 0.2) is 5.58 Å². The molecule has 4 N–H and O–H groups in total. The Labute approximate surface area is 125 Å². The summed E-state index contributed by atoms with van der Waals surface area (Å²) in [5, 5.41) is 9.99. The number of aliphatic carboxylic acids is 1. The average molecular weight is 312 g/mol. The van der Waals surface area contributed by atoms with Crippen molar-refractivity contribution in [3.63, 3.8) is 0 Å². The van der Waals surface area contributed by atoms with E-state index in [0.29, 0.717) is 11.1 Å². The smallest absolute Gasteiger partial charge is 0.319 e. The maximum Gasteiger partial charge on any atom is 0.319 e. The van der Waals surface area contributed by atoms with Crippen LogP contribution in [0.4, 0.5) is 0 Å². The molecule has 0 saturated heterocycles. The standard InChI is InChI=1S/C13H13NO5S.H3N/c1-2-18-12(17)10(7-11(15)16)20-13-14-8-5-3-4-6-9(8)19-13;/h3-6,10H,2,7H2,1H3,(H,15,16);1H3. The van der Waals surface area contributed by atoms with Gasteiger partial charge in [-0.25, -0.2) is 4.98 Å². The molecular weight excluding hydrogens is 296 g/mol. The van der Waals surface area contributed by atoms with Gasteiger partial charge >= 0.3 is 5.97 Å². The summed E-state index contributed by atoms with van der Waals surface area (Å²) in [4.78, 5) is 26.6. The van der Waals surface area contributed by atoms with Crippen molar-refractivity contribution in [2.24, 2.45) is 0 Å². The summed E-state index contributed by atoms with van der Waals surface area (Å²) < 4.78 is 10.3. The molecule has 0 aliphatic rings. The number of rotatable bonds is 6. The maximum atomic E-state index is 11.7. The van der Waals surface area contributed by atoms with E-state index in [1.54, 1.807) is 25.1 Å². The van der Waals surface area contributed by atoms with Crippen LogP contribution in [0.3, 0.4) is 0 Å². The van der Waals surface area contributed by atoms with Gasteiger partial charge in [-0.1, -0.05) is 23.9 Å². The molecule has 2 aromatic rings. The molecule has 1 atom stereocenters. The second-order valence-electron chi connectivity index (χ2n) is 3.88. The van der Waals surface area contributed by atoms with Gasteiger partial charge in [-0.15, -0.1) is 0 Å². The molecule has 0 bridgehead atoms. The molecule has 1 aromatic heterocycles. The maximum absolute atomic E-state index is 11.7. The van der Waals surface area contributed by atoms with E-state index in [1.807, 2.05) is 6.07 Å². The summed E-state index contributed by atoms with van der Waals surface area (Å²) in [5.41, 5.74) is 1.22. The zero-order chi connectivity index (χ0) is 14.5. The fourth-order valence-electron chi connectivity index (χ4n) is 1.58. The summed E-state index contributed by atoms with van der Waals surface area (Å²) in [7, 11) is 0. The zero-order valence-electron chi connectivity index (χ0n) is 11.7. The number of fused-ring (bicyclic) bond motifs is 1. The fourth-order valence-corrected chi connectivity index (χ4v) is 2.50. The average Bonchev–Trinajstić information content (AvgIpc) is 2.80. The van der Waals surface area contributed by atoms with Crippen LogP contribution in [-0.2, 0) is 14.3 Å². The number of ether oxygens (including phenoxy) is 1. The number of carbonyl (C=O) groups is 2. The first-order valence-corrected chi connectivity index (χ1v) is 6.87. The molecule has 1 heterocycles.